The summed E-state index contributed by atoms with van der Waals surface area (Å²) in [6.45, 7) is 0. The van der Waals surface area contributed by atoms with Crippen LogP contribution in [0, 0.1) is 5.92 Å². The topological polar surface area (TPSA) is 127 Å². The highest BCUT2D eigenvalue weighted by atomic mass is 31.2. The molecule has 4 N–H and O–H groups in total. The van der Waals surface area contributed by atoms with Crippen molar-refractivity contribution in [3.8, 4) is 5.75 Å². The summed E-state index contributed by atoms with van der Waals surface area (Å²) in [6, 6.07) is 6.41. The fourth-order valence-electron chi connectivity index (χ4n) is 2.18. The van der Waals surface area contributed by atoms with Gasteiger partial charge in [0.15, 0.2) is 0 Å². The van der Waals surface area contributed by atoms with Crippen molar-refractivity contribution in [3.05, 3.63) is 53.8 Å². The van der Waals surface area contributed by atoms with Crippen LogP contribution < -0.4 is 0 Å². The molecule has 2 rings (SSSR count). The number of allylic oxidation sites excluding steroid dienone is 3. The molecule has 1 aromatic rings. The van der Waals surface area contributed by atoms with E-state index in [1.54, 1.807) is 12.1 Å². The summed E-state index contributed by atoms with van der Waals surface area (Å²) >= 11 is 0. The maximum Gasteiger partial charge on any atom is 0.448 e. The summed E-state index contributed by atoms with van der Waals surface area (Å²) in [7, 11) is -4.70. The summed E-state index contributed by atoms with van der Waals surface area (Å²) in [5.41, 5.74) is 0.692. The lowest BCUT2D eigenvalue weighted by atomic mass is 9.90. The van der Waals surface area contributed by atoms with Gasteiger partial charge in [0.2, 0.25) is 0 Å². The first-order valence-corrected chi connectivity index (χ1v) is 8.36. The second kappa shape index (κ2) is 6.91. The van der Waals surface area contributed by atoms with E-state index in [0.717, 1.165) is 11.6 Å². The van der Waals surface area contributed by atoms with Crippen LogP contribution in [-0.4, -0.2) is 31.5 Å². The molecule has 122 valence electrons. The third-order valence-electron chi connectivity index (χ3n) is 3.26. The Hall–Kier alpha value is -2.21. The summed E-state index contributed by atoms with van der Waals surface area (Å²) in [5.74, 6) is -1.27. The van der Waals surface area contributed by atoms with Crippen molar-refractivity contribution in [2.45, 2.75) is 12.8 Å². The maximum absolute atomic E-state index is 12.3. The van der Waals surface area contributed by atoms with Crippen molar-refractivity contribution in [2.75, 3.05) is 0 Å². The molecule has 7 nitrogen and oxygen atoms in total. The second-order valence-electron chi connectivity index (χ2n) is 5.08. The van der Waals surface area contributed by atoms with Crippen molar-refractivity contribution in [1.29, 1.82) is 0 Å². The Labute approximate surface area is 132 Å². The fourth-order valence-corrected chi connectivity index (χ4v) is 2.67. The lowest BCUT2D eigenvalue weighted by Gasteiger charge is -2.16. The summed E-state index contributed by atoms with van der Waals surface area (Å²) in [6.07, 6.45) is 4.28. The van der Waals surface area contributed by atoms with Crippen LogP contribution in [0.4, 0.5) is 0 Å². The first-order chi connectivity index (χ1) is 10.7. The molecule has 0 heterocycles. The van der Waals surface area contributed by atoms with E-state index in [2.05, 4.69) is 4.76 Å². The molecule has 1 aliphatic carbocycles. The molecular formula is C15H16NO6P. The van der Waals surface area contributed by atoms with E-state index in [1.807, 2.05) is 0 Å². The number of Topliss-reactive ketones (excluding diaryl/α,β-unsaturated/α-hetero) is 1. The number of phenols is 1. The number of hydrogen-bond acceptors (Lipinski definition) is 4. The van der Waals surface area contributed by atoms with Gasteiger partial charge in [0.1, 0.15) is 17.3 Å². The van der Waals surface area contributed by atoms with Gasteiger partial charge in [0, 0.05) is 12.5 Å². The van der Waals surface area contributed by atoms with E-state index in [0.29, 0.717) is 6.42 Å². The third-order valence-corrected chi connectivity index (χ3v) is 3.75. The van der Waals surface area contributed by atoms with Gasteiger partial charge >= 0.3 is 7.75 Å². The van der Waals surface area contributed by atoms with E-state index >= 15 is 0 Å². The van der Waals surface area contributed by atoms with Crippen LogP contribution in [0.15, 0.2) is 53.0 Å². The Morgan fingerprint density at radius 1 is 1.17 bits per heavy atom. The number of aliphatic hydroxyl groups is 1. The molecule has 0 saturated heterocycles. The van der Waals surface area contributed by atoms with Gasteiger partial charge in [-0.25, -0.2) is 4.57 Å². The number of phenolic OH excluding ortho intramolecular Hbond substituents is 1. The van der Waals surface area contributed by atoms with Gasteiger partial charge in [-0.2, -0.15) is 4.76 Å². The molecule has 0 amide bonds. The van der Waals surface area contributed by atoms with E-state index in [9.17, 15) is 19.6 Å². The number of carbonyl (C=O) groups excluding carboxylic acids is 1. The smallest absolute Gasteiger partial charge is 0.448 e. The molecule has 8 heteroatoms. The molecule has 0 bridgehead atoms. The quantitative estimate of drug-likeness (QED) is 0.609. The standard InChI is InChI=1S/C15H16NO6P/c17-11-4-1-10(2-5-11)3-8-15(19)13-7-6-12(18)9-14(13)16-23(20,21)22/h1-2,4-7,9,13,17-18H,3,8H2,(H2,20,21,22)/b16-14+. The van der Waals surface area contributed by atoms with E-state index < -0.39 is 13.7 Å². The summed E-state index contributed by atoms with van der Waals surface area (Å²) < 4.78 is 14.3. The number of nitrogens with zero attached hydrogens (tertiary/aromatic N) is 1. The minimum Gasteiger partial charge on any atom is -0.508 e. The van der Waals surface area contributed by atoms with Gasteiger partial charge in [0.25, 0.3) is 0 Å². The summed E-state index contributed by atoms with van der Waals surface area (Å²) in [4.78, 5) is 30.2. The number of carbonyl (C=O) groups is 1. The molecule has 0 aliphatic heterocycles. The van der Waals surface area contributed by atoms with Crippen LogP contribution in [0.5, 0.6) is 5.75 Å². The minimum atomic E-state index is -4.70. The molecular weight excluding hydrogens is 321 g/mol. The predicted octanol–water partition coefficient (Wildman–Crippen LogP) is 2.06. The van der Waals surface area contributed by atoms with Crippen LogP contribution in [0.3, 0.4) is 0 Å². The number of ketones is 1. The average Bonchev–Trinajstić information content (AvgIpc) is 2.45. The first-order valence-electron chi connectivity index (χ1n) is 6.80. The Bertz CT molecular complexity index is 729. The molecule has 0 spiro atoms. The van der Waals surface area contributed by atoms with Crippen LogP contribution >= 0.6 is 7.75 Å². The summed E-state index contributed by atoms with van der Waals surface area (Å²) in [5, 5.41) is 18.6. The van der Waals surface area contributed by atoms with Crippen molar-refractivity contribution < 1.29 is 29.4 Å². The average molecular weight is 337 g/mol. The Morgan fingerprint density at radius 3 is 2.43 bits per heavy atom. The number of rotatable bonds is 5. The lowest BCUT2D eigenvalue weighted by Crippen LogP contribution is -2.23. The van der Waals surface area contributed by atoms with E-state index in [4.69, 9.17) is 9.79 Å². The van der Waals surface area contributed by atoms with Crippen molar-refractivity contribution >= 4 is 19.2 Å². The maximum atomic E-state index is 12.3. The van der Waals surface area contributed by atoms with Crippen LogP contribution in [-0.2, 0) is 15.8 Å². The highest BCUT2D eigenvalue weighted by molar-refractivity contribution is 7.50. The molecule has 0 saturated carbocycles. The van der Waals surface area contributed by atoms with Crippen molar-refractivity contribution in [1.82, 2.24) is 0 Å². The molecule has 1 aromatic carbocycles. The zero-order valence-corrected chi connectivity index (χ0v) is 12.9. The van der Waals surface area contributed by atoms with Crippen molar-refractivity contribution in [2.24, 2.45) is 10.7 Å². The van der Waals surface area contributed by atoms with Gasteiger partial charge < -0.3 is 20.0 Å². The second-order valence-corrected chi connectivity index (χ2v) is 6.30. The number of aromatic hydroxyl groups is 1. The highest BCUT2D eigenvalue weighted by Gasteiger charge is 2.26. The van der Waals surface area contributed by atoms with Crippen LogP contribution in [0.2, 0.25) is 0 Å². The molecule has 1 aliphatic rings. The van der Waals surface area contributed by atoms with Crippen molar-refractivity contribution in [3.63, 3.8) is 0 Å². The molecule has 1 atom stereocenters. The van der Waals surface area contributed by atoms with E-state index in [1.165, 1.54) is 24.3 Å². The fraction of sp³-hybridized carbons (Fsp3) is 0.200. The SMILES string of the molecule is O=C(CCc1ccc(O)cc1)C1C=CC(O)=C/C1=N\P(=O)(O)O. The third kappa shape index (κ3) is 5.17. The number of aliphatic hydroxyl groups excluding tert-OH is 1. The zero-order valence-electron chi connectivity index (χ0n) is 12.0. The largest absolute Gasteiger partial charge is 0.508 e. The van der Waals surface area contributed by atoms with Gasteiger partial charge in [-0.05, 0) is 30.2 Å². The predicted molar refractivity (Wildman–Crippen MR) is 84.3 cm³/mol. The van der Waals surface area contributed by atoms with Gasteiger partial charge in [0.05, 0.1) is 11.6 Å². The molecule has 1 unspecified atom stereocenters. The Kier molecular flexibility index (Phi) is 5.15. The normalized spacial score (nSPS) is 19.7. The van der Waals surface area contributed by atoms with Crippen LogP contribution in [0.1, 0.15) is 12.0 Å². The monoisotopic (exact) mass is 337 g/mol. The molecule has 23 heavy (non-hydrogen) atoms. The molecule has 0 aromatic heterocycles. The van der Waals surface area contributed by atoms with E-state index in [-0.39, 0.29) is 29.4 Å². The highest BCUT2D eigenvalue weighted by Crippen LogP contribution is 2.38. The lowest BCUT2D eigenvalue weighted by molar-refractivity contribution is -0.119. The minimum absolute atomic E-state index is 0.131. The molecule has 0 fully saturated rings. The Balaban J connectivity index is 2.10. The van der Waals surface area contributed by atoms with Gasteiger partial charge in [-0.1, -0.05) is 18.2 Å². The van der Waals surface area contributed by atoms with Gasteiger partial charge in [-0.3, -0.25) is 4.79 Å². The number of hydrogen-bond donors (Lipinski definition) is 4. The van der Waals surface area contributed by atoms with Crippen LogP contribution in [0.25, 0.3) is 0 Å². The Morgan fingerprint density at radius 2 is 1.83 bits per heavy atom. The zero-order chi connectivity index (χ0) is 17.0. The van der Waals surface area contributed by atoms with Gasteiger partial charge in [-0.15, -0.1) is 0 Å². The first kappa shape index (κ1) is 17.1. The number of benzene rings is 1. The molecule has 0 radical (unpaired) electrons. The number of aryl methyl sites for hydroxylation is 1.